The highest BCUT2D eigenvalue weighted by molar-refractivity contribution is 7.26. The molecule has 0 radical (unpaired) electrons. The van der Waals surface area contributed by atoms with Gasteiger partial charge in [-0.2, -0.15) is 0 Å². The summed E-state index contributed by atoms with van der Waals surface area (Å²) < 4.78 is 8.69. The van der Waals surface area contributed by atoms with Crippen molar-refractivity contribution >= 4 is 64.2 Å². The number of furan rings is 1. The molecule has 222 valence electrons. The molecule has 0 saturated carbocycles. The summed E-state index contributed by atoms with van der Waals surface area (Å²) in [5.41, 5.74) is 9.50. The van der Waals surface area contributed by atoms with Crippen LogP contribution in [0.1, 0.15) is 0 Å². The molecule has 0 saturated heterocycles. The lowest BCUT2D eigenvalue weighted by atomic mass is 10.0. The summed E-state index contributed by atoms with van der Waals surface area (Å²) in [6, 6.07) is 49.0. The van der Waals surface area contributed by atoms with E-state index in [-0.39, 0.29) is 0 Å². The van der Waals surface area contributed by atoms with Crippen LogP contribution in [0, 0.1) is 0 Å². The normalized spacial score (nSPS) is 12.2. The Labute approximate surface area is 278 Å². The number of aromatic nitrogens is 3. The fourth-order valence-corrected chi connectivity index (χ4v) is 8.77. The lowest BCUT2D eigenvalue weighted by Crippen LogP contribution is -2.00. The number of thiophene rings is 1. The Balaban J connectivity index is 1.19. The lowest BCUT2D eigenvalue weighted by molar-refractivity contribution is 0.669. The third-order valence-corrected chi connectivity index (χ3v) is 10.9. The van der Waals surface area contributed by atoms with Gasteiger partial charge in [0.05, 0.1) is 0 Å². The number of benzene rings is 7. The first kappa shape index (κ1) is 26.0. The predicted molar refractivity (Wildman–Crippen MR) is 198 cm³/mol. The maximum Gasteiger partial charge on any atom is 0.165 e. The Hall–Kier alpha value is -6.17. The highest BCUT2D eigenvalue weighted by Crippen LogP contribution is 2.48. The van der Waals surface area contributed by atoms with Gasteiger partial charge in [0.25, 0.3) is 0 Å². The molecule has 4 nitrogen and oxygen atoms in total. The second kappa shape index (κ2) is 9.67. The van der Waals surface area contributed by atoms with Gasteiger partial charge in [-0.3, -0.25) is 0 Å². The van der Waals surface area contributed by atoms with Crippen molar-refractivity contribution < 1.29 is 4.42 Å². The van der Waals surface area contributed by atoms with Crippen molar-refractivity contribution in [3.05, 3.63) is 140 Å². The molecule has 0 unspecified atom stereocenters. The van der Waals surface area contributed by atoms with Crippen LogP contribution in [0.5, 0.6) is 0 Å². The fraction of sp³-hybridized carbons (Fsp3) is 0. The van der Waals surface area contributed by atoms with Crippen LogP contribution in [-0.4, -0.2) is 15.0 Å². The minimum atomic E-state index is 0.621. The van der Waals surface area contributed by atoms with E-state index in [1.165, 1.54) is 53.2 Å². The average Bonchev–Trinajstić information content (AvgIpc) is 3.82. The molecule has 11 rings (SSSR count). The van der Waals surface area contributed by atoms with Crippen molar-refractivity contribution in [2.24, 2.45) is 0 Å². The molecule has 0 bridgehead atoms. The van der Waals surface area contributed by atoms with Crippen molar-refractivity contribution in [2.45, 2.75) is 0 Å². The van der Waals surface area contributed by atoms with Gasteiger partial charge in [0.1, 0.15) is 11.2 Å². The molecule has 3 heterocycles. The largest absolute Gasteiger partial charge is 0.456 e. The molecule has 0 amide bonds. The van der Waals surface area contributed by atoms with E-state index in [1.807, 2.05) is 30.3 Å². The molecule has 5 heteroatoms. The topological polar surface area (TPSA) is 51.8 Å². The summed E-state index contributed by atoms with van der Waals surface area (Å²) in [7, 11) is 0. The van der Waals surface area contributed by atoms with Crippen LogP contribution in [0.2, 0.25) is 0 Å². The number of para-hydroxylation sites is 1. The minimum Gasteiger partial charge on any atom is -0.456 e. The van der Waals surface area contributed by atoms with Crippen molar-refractivity contribution in [1.29, 1.82) is 0 Å². The predicted octanol–water partition coefficient (Wildman–Crippen LogP) is 11.9. The summed E-state index contributed by atoms with van der Waals surface area (Å²) in [6.45, 7) is 0. The first-order chi connectivity index (χ1) is 23.8. The molecule has 0 atom stereocenters. The first-order valence-electron chi connectivity index (χ1n) is 16.0. The first-order valence-corrected chi connectivity index (χ1v) is 16.8. The Morgan fingerprint density at radius 3 is 1.96 bits per heavy atom. The summed E-state index contributed by atoms with van der Waals surface area (Å²) in [5.74, 6) is 1.92. The Morgan fingerprint density at radius 1 is 0.417 bits per heavy atom. The Bertz CT molecular complexity index is 2970. The standard InChI is InChI=1S/C43H23N3OS/c1-3-18-35-31(12-1)39-32(16-8-19-36(39)47-35)42-44-41(25-21-22-26-28-13-5-9-24-10-6-14-29(38(24)28)34(26)23-25)45-43(46-42)33-17-7-15-30-27-11-2-4-20-37(27)48-40(30)33/h1-23H. The number of rotatable bonds is 3. The molecule has 7 aromatic carbocycles. The molecular formula is C43H23N3OS. The smallest absolute Gasteiger partial charge is 0.165 e. The van der Waals surface area contributed by atoms with E-state index < -0.39 is 0 Å². The van der Waals surface area contributed by atoms with Crippen LogP contribution in [0.4, 0.5) is 0 Å². The van der Waals surface area contributed by atoms with Crippen molar-refractivity contribution in [3.8, 4) is 56.4 Å². The van der Waals surface area contributed by atoms with E-state index in [0.29, 0.717) is 17.5 Å². The molecular weight excluding hydrogens is 607 g/mol. The molecule has 0 fully saturated rings. The zero-order valence-electron chi connectivity index (χ0n) is 25.4. The van der Waals surface area contributed by atoms with Gasteiger partial charge < -0.3 is 4.42 Å². The maximum atomic E-state index is 6.27. The van der Waals surface area contributed by atoms with Gasteiger partial charge in [0, 0.05) is 47.6 Å². The number of nitrogens with zero attached hydrogens (tertiary/aromatic N) is 3. The molecule has 0 N–H and O–H groups in total. The molecule has 3 aromatic heterocycles. The van der Waals surface area contributed by atoms with Gasteiger partial charge in [-0.25, -0.2) is 15.0 Å². The highest BCUT2D eigenvalue weighted by Gasteiger charge is 2.24. The van der Waals surface area contributed by atoms with Crippen molar-refractivity contribution in [2.75, 3.05) is 0 Å². The second-order valence-corrected chi connectivity index (χ2v) is 13.4. The van der Waals surface area contributed by atoms with Crippen molar-refractivity contribution in [1.82, 2.24) is 15.0 Å². The van der Waals surface area contributed by atoms with Crippen LogP contribution in [0.15, 0.2) is 144 Å². The molecule has 10 aromatic rings. The number of hydrogen-bond acceptors (Lipinski definition) is 5. The van der Waals surface area contributed by atoms with Crippen LogP contribution in [0.3, 0.4) is 0 Å². The summed E-state index contributed by atoms with van der Waals surface area (Å²) in [4.78, 5) is 15.7. The zero-order valence-corrected chi connectivity index (χ0v) is 26.3. The quantitative estimate of drug-likeness (QED) is 0.195. The molecule has 0 aliphatic heterocycles. The molecule has 1 aliphatic carbocycles. The summed E-state index contributed by atoms with van der Waals surface area (Å²) in [6.07, 6.45) is 0. The summed E-state index contributed by atoms with van der Waals surface area (Å²) >= 11 is 1.78. The second-order valence-electron chi connectivity index (χ2n) is 12.3. The minimum absolute atomic E-state index is 0.621. The van der Waals surface area contributed by atoms with Crippen LogP contribution in [0.25, 0.3) is 109 Å². The van der Waals surface area contributed by atoms with Crippen LogP contribution in [-0.2, 0) is 0 Å². The van der Waals surface area contributed by atoms with Gasteiger partial charge in [0.15, 0.2) is 17.5 Å². The molecule has 1 aliphatic rings. The molecule has 48 heavy (non-hydrogen) atoms. The fourth-order valence-electron chi connectivity index (χ4n) is 7.56. The monoisotopic (exact) mass is 629 g/mol. The van der Waals surface area contributed by atoms with Gasteiger partial charge in [-0.05, 0) is 63.4 Å². The number of hydrogen-bond donors (Lipinski definition) is 0. The van der Waals surface area contributed by atoms with Crippen molar-refractivity contribution in [3.63, 3.8) is 0 Å². The summed E-state index contributed by atoms with van der Waals surface area (Å²) in [5, 5.41) is 7.07. The zero-order chi connectivity index (χ0) is 31.3. The van der Waals surface area contributed by atoms with Gasteiger partial charge in [-0.1, -0.05) is 109 Å². The highest BCUT2D eigenvalue weighted by atomic mass is 32.1. The third kappa shape index (κ3) is 3.62. The van der Waals surface area contributed by atoms with E-state index in [1.54, 1.807) is 11.3 Å². The van der Waals surface area contributed by atoms with Gasteiger partial charge >= 0.3 is 0 Å². The van der Waals surface area contributed by atoms with E-state index in [0.717, 1.165) is 38.6 Å². The van der Waals surface area contributed by atoms with Gasteiger partial charge in [0.2, 0.25) is 0 Å². The van der Waals surface area contributed by atoms with Gasteiger partial charge in [-0.15, -0.1) is 11.3 Å². The Morgan fingerprint density at radius 2 is 1.06 bits per heavy atom. The van der Waals surface area contributed by atoms with Crippen LogP contribution < -0.4 is 0 Å². The lowest BCUT2D eigenvalue weighted by Gasteiger charge is -2.11. The Kier molecular flexibility index (Phi) is 5.23. The maximum absolute atomic E-state index is 6.27. The molecule has 0 spiro atoms. The third-order valence-electron chi connectivity index (χ3n) is 9.69. The van der Waals surface area contributed by atoms with E-state index >= 15 is 0 Å². The average molecular weight is 630 g/mol. The van der Waals surface area contributed by atoms with E-state index in [4.69, 9.17) is 19.4 Å². The number of fused-ring (bicyclic) bond motifs is 9. The van der Waals surface area contributed by atoms with Crippen LogP contribution >= 0.6 is 11.3 Å². The SMILES string of the molecule is c1cc2c3c(cccc3c1)-c1cc(-c3nc(-c4cccc5c4sc4ccccc45)nc(-c4cccc5oc6ccccc6c45)n3)ccc1-2. The van der Waals surface area contributed by atoms with E-state index in [9.17, 15) is 0 Å². The van der Waals surface area contributed by atoms with E-state index in [2.05, 4.69) is 109 Å².